The van der Waals surface area contributed by atoms with E-state index in [0.717, 1.165) is 0 Å². The van der Waals surface area contributed by atoms with Crippen molar-refractivity contribution in [1.29, 1.82) is 0 Å². The van der Waals surface area contributed by atoms with Crippen LogP contribution in [0.3, 0.4) is 0 Å². The molecule has 4 heteroatoms. The zero-order valence-corrected chi connectivity index (χ0v) is 8.86. The Morgan fingerprint density at radius 2 is 2.33 bits per heavy atom. The van der Waals surface area contributed by atoms with Crippen molar-refractivity contribution in [3.8, 4) is 11.8 Å². The van der Waals surface area contributed by atoms with E-state index in [4.69, 9.17) is 11.6 Å². The Kier molecular flexibility index (Phi) is 4.14. The maximum atomic E-state index is 12.7. The molecule has 1 aromatic rings. The summed E-state index contributed by atoms with van der Waals surface area (Å²) in [5.74, 6) is 4.90. The van der Waals surface area contributed by atoms with E-state index in [9.17, 15) is 9.18 Å². The molecule has 0 atom stereocenters. The van der Waals surface area contributed by atoms with Crippen LogP contribution < -0.4 is 5.32 Å². The van der Waals surface area contributed by atoms with E-state index in [0.29, 0.717) is 5.56 Å². The number of hydrogen-bond donors (Lipinski definition) is 1. The van der Waals surface area contributed by atoms with Gasteiger partial charge in [-0.25, -0.2) is 4.39 Å². The fourth-order valence-electron chi connectivity index (χ4n) is 0.899. The van der Waals surface area contributed by atoms with Crippen LogP contribution in [-0.2, 0) is 4.79 Å². The lowest BCUT2D eigenvalue weighted by Crippen LogP contribution is -2.19. The highest BCUT2D eigenvalue weighted by Crippen LogP contribution is 2.15. The first kappa shape index (κ1) is 11.5. The summed E-state index contributed by atoms with van der Waals surface area (Å²) in [7, 11) is 0. The monoisotopic (exact) mass is 225 g/mol. The van der Waals surface area contributed by atoms with Gasteiger partial charge >= 0.3 is 0 Å². The van der Waals surface area contributed by atoms with Crippen molar-refractivity contribution in [2.75, 3.05) is 6.54 Å². The average Bonchev–Trinajstić information content (AvgIpc) is 2.14. The summed E-state index contributed by atoms with van der Waals surface area (Å²) in [6, 6.07) is 3.98. The van der Waals surface area contributed by atoms with Crippen molar-refractivity contribution >= 4 is 17.5 Å². The van der Waals surface area contributed by atoms with Crippen LogP contribution in [0.15, 0.2) is 18.2 Å². The van der Waals surface area contributed by atoms with Gasteiger partial charge in [0.25, 0.3) is 0 Å². The Hall–Kier alpha value is -1.53. The highest BCUT2D eigenvalue weighted by molar-refractivity contribution is 6.31. The number of halogens is 2. The largest absolute Gasteiger partial charge is 0.345 e. The topological polar surface area (TPSA) is 29.1 Å². The SMILES string of the molecule is CC(=O)NCC#Cc1ccc(F)cc1Cl. The number of benzene rings is 1. The summed E-state index contributed by atoms with van der Waals surface area (Å²) in [6.07, 6.45) is 0. The third-order valence-electron chi connectivity index (χ3n) is 1.58. The molecule has 0 saturated carbocycles. The van der Waals surface area contributed by atoms with Gasteiger partial charge in [0, 0.05) is 12.5 Å². The van der Waals surface area contributed by atoms with Gasteiger partial charge in [-0.3, -0.25) is 4.79 Å². The summed E-state index contributed by atoms with van der Waals surface area (Å²) in [5, 5.41) is 2.79. The third kappa shape index (κ3) is 4.01. The van der Waals surface area contributed by atoms with Crippen LogP contribution in [0, 0.1) is 17.7 Å². The molecular formula is C11H9ClFNO. The second-order valence-electron chi connectivity index (χ2n) is 2.84. The van der Waals surface area contributed by atoms with Crippen LogP contribution in [0.1, 0.15) is 12.5 Å². The second kappa shape index (κ2) is 5.38. The molecule has 78 valence electrons. The van der Waals surface area contributed by atoms with Crippen LogP contribution in [0.25, 0.3) is 0 Å². The van der Waals surface area contributed by atoms with Gasteiger partial charge < -0.3 is 5.32 Å². The quantitative estimate of drug-likeness (QED) is 0.728. The number of nitrogens with one attached hydrogen (secondary N) is 1. The van der Waals surface area contributed by atoms with Gasteiger partial charge in [0.05, 0.1) is 11.6 Å². The van der Waals surface area contributed by atoms with E-state index in [-0.39, 0.29) is 17.5 Å². The fraction of sp³-hybridized carbons (Fsp3) is 0.182. The molecule has 1 rings (SSSR count). The Bertz CT molecular complexity index is 434. The maximum Gasteiger partial charge on any atom is 0.217 e. The summed E-state index contributed by atoms with van der Waals surface area (Å²) >= 11 is 5.74. The van der Waals surface area contributed by atoms with Crippen LogP contribution in [0.5, 0.6) is 0 Å². The molecule has 0 bridgehead atoms. The van der Waals surface area contributed by atoms with Crippen molar-refractivity contribution in [3.63, 3.8) is 0 Å². The van der Waals surface area contributed by atoms with E-state index < -0.39 is 5.82 Å². The van der Waals surface area contributed by atoms with Crippen molar-refractivity contribution in [2.45, 2.75) is 6.92 Å². The zero-order valence-electron chi connectivity index (χ0n) is 8.10. The fourth-order valence-corrected chi connectivity index (χ4v) is 1.11. The maximum absolute atomic E-state index is 12.7. The molecule has 1 amide bonds. The van der Waals surface area contributed by atoms with Gasteiger partial charge in [-0.15, -0.1) is 0 Å². The van der Waals surface area contributed by atoms with E-state index in [2.05, 4.69) is 17.2 Å². The number of rotatable bonds is 1. The predicted octanol–water partition coefficient (Wildman–Crippen LogP) is 1.97. The molecule has 0 aliphatic rings. The highest BCUT2D eigenvalue weighted by atomic mass is 35.5. The molecule has 0 aromatic heterocycles. The molecule has 0 fully saturated rings. The lowest BCUT2D eigenvalue weighted by atomic mass is 10.2. The van der Waals surface area contributed by atoms with Gasteiger partial charge in [0.2, 0.25) is 5.91 Å². The summed E-state index contributed by atoms with van der Waals surface area (Å²) in [6.45, 7) is 1.66. The van der Waals surface area contributed by atoms with Gasteiger partial charge in [-0.05, 0) is 18.2 Å². The van der Waals surface area contributed by atoms with E-state index in [1.807, 2.05) is 0 Å². The highest BCUT2D eigenvalue weighted by Gasteiger charge is 1.97. The number of amides is 1. The van der Waals surface area contributed by atoms with Crippen molar-refractivity contribution in [1.82, 2.24) is 5.32 Å². The number of carbonyl (C=O) groups excluding carboxylic acids is 1. The van der Waals surface area contributed by atoms with E-state index >= 15 is 0 Å². The van der Waals surface area contributed by atoms with Crippen LogP contribution in [0.4, 0.5) is 4.39 Å². The van der Waals surface area contributed by atoms with Gasteiger partial charge in [0.15, 0.2) is 0 Å². The zero-order chi connectivity index (χ0) is 11.3. The van der Waals surface area contributed by atoms with Gasteiger partial charge in [0.1, 0.15) is 5.82 Å². The third-order valence-corrected chi connectivity index (χ3v) is 1.89. The molecule has 0 heterocycles. The minimum absolute atomic E-state index is 0.144. The first-order valence-corrected chi connectivity index (χ1v) is 4.66. The molecule has 0 aliphatic carbocycles. The second-order valence-corrected chi connectivity index (χ2v) is 3.24. The molecule has 0 saturated heterocycles. The lowest BCUT2D eigenvalue weighted by molar-refractivity contribution is -0.118. The van der Waals surface area contributed by atoms with Crippen molar-refractivity contribution in [3.05, 3.63) is 34.6 Å². The Morgan fingerprint density at radius 1 is 1.60 bits per heavy atom. The molecule has 2 nitrogen and oxygen atoms in total. The minimum Gasteiger partial charge on any atom is -0.345 e. The first-order valence-electron chi connectivity index (χ1n) is 4.28. The first-order chi connectivity index (χ1) is 7.09. The van der Waals surface area contributed by atoms with Gasteiger partial charge in [-0.2, -0.15) is 0 Å². The smallest absolute Gasteiger partial charge is 0.217 e. The molecule has 0 radical (unpaired) electrons. The van der Waals surface area contributed by atoms with E-state index in [1.54, 1.807) is 0 Å². The van der Waals surface area contributed by atoms with Crippen LogP contribution in [0.2, 0.25) is 5.02 Å². The lowest BCUT2D eigenvalue weighted by Gasteiger charge is -1.95. The summed E-state index contributed by atoms with van der Waals surface area (Å²) in [4.78, 5) is 10.5. The normalized spacial score (nSPS) is 9.00. The van der Waals surface area contributed by atoms with Crippen LogP contribution >= 0.6 is 11.6 Å². The predicted molar refractivity (Wildman–Crippen MR) is 57.0 cm³/mol. The average molecular weight is 226 g/mol. The summed E-state index contributed by atoms with van der Waals surface area (Å²) < 4.78 is 12.7. The molecular weight excluding hydrogens is 217 g/mol. The van der Waals surface area contributed by atoms with Crippen LogP contribution in [-0.4, -0.2) is 12.5 Å². The molecule has 1 N–H and O–H groups in total. The summed E-state index contributed by atoms with van der Waals surface area (Å²) in [5.41, 5.74) is 0.545. The number of carbonyl (C=O) groups is 1. The van der Waals surface area contributed by atoms with Gasteiger partial charge in [-0.1, -0.05) is 23.4 Å². The minimum atomic E-state index is -0.396. The van der Waals surface area contributed by atoms with E-state index in [1.165, 1.54) is 25.1 Å². The molecule has 0 unspecified atom stereocenters. The Morgan fingerprint density at radius 3 is 2.93 bits per heavy atom. The molecule has 0 spiro atoms. The number of hydrogen-bond acceptors (Lipinski definition) is 1. The molecule has 0 aliphatic heterocycles. The Labute approximate surface area is 92.4 Å². The molecule has 15 heavy (non-hydrogen) atoms. The van der Waals surface area contributed by atoms with Crippen molar-refractivity contribution in [2.24, 2.45) is 0 Å². The molecule has 1 aromatic carbocycles. The Balaban J connectivity index is 2.67. The van der Waals surface area contributed by atoms with Crippen molar-refractivity contribution < 1.29 is 9.18 Å². The standard InChI is InChI=1S/C11H9ClFNO/c1-8(15)14-6-2-3-9-4-5-10(13)7-11(9)12/h4-5,7H,6H2,1H3,(H,14,15).